The summed E-state index contributed by atoms with van der Waals surface area (Å²) in [6.07, 6.45) is 0. The molecule has 0 unspecified atom stereocenters. The smallest absolute Gasteiger partial charge is 0.255 e. The van der Waals surface area contributed by atoms with E-state index in [-0.39, 0.29) is 11.7 Å². The average Bonchev–Trinajstić information content (AvgIpc) is 2.40. The van der Waals surface area contributed by atoms with Crippen LogP contribution in [0.3, 0.4) is 0 Å². The van der Waals surface area contributed by atoms with Crippen molar-refractivity contribution in [2.24, 2.45) is 0 Å². The largest absolute Gasteiger partial charge is 0.508 e. The number of benzene rings is 2. The number of hydrogen-bond donors (Lipinski definition) is 1. The molecule has 0 atom stereocenters. The van der Waals surface area contributed by atoms with Gasteiger partial charge in [0.15, 0.2) is 0 Å². The number of carbonyl (C=O) groups excluding carboxylic acids is 1. The van der Waals surface area contributed by atoms with Gasteiger partial charge in [-0.25, -0.2) is 0 Å². The Hall–Kier alpha value is -1.33. The van der Waals surface area contributed by atoms with E-state index in [0.29, 0.717) is 12.1 Å². The quantitative estimate of drug-likeness (QED) is 0.841. The minimum absolute atomic E-state index is 0.0819. The standard InChI is InChI=1S/C15H13Br2NO2/c1-18(9-10-3-2-4-12(19)7-10)15(20)13-8-11(16)5-6-14(13)17/h2-8,19H,9H2,1H3. The third-order valence-corrected chi connectivity index (χ3v) is 4.02. The van der Waals surface area contributed by atoms with Gasteiger partial charge >= 0.3 is 0 Å². The maximum Gasteiger partial charge on any atom is 0.255 e. The molecule has 1 N–H and O–H groups in total. The lowest BCUT2D eigenvalue weighted by atomic mass is 10.1. The Labute approximate surface area is 134 Å². The van der Waals surface area contributed by atoms with E-state index in [1.54, 1.807) is 36.2 Å². The van der Waals surface area contributed by atoms with Gasteiger partial charge in [-0.2, -0.15) is 0 Å². The van der Waals surface area contributed by atoms with Crippen molar-refractivity contribution in [1.82, 2.24) is 4.90 Å². The van der Waals surface area contributed by atoms with E-state index < -0.39 is 0 Å². The lowest BCUT2D eigenvalue weighted by Gasteiger charge is -2.18. The van der Waals surface area contributed by atoms with Crippen molar-refractivity contribution in [3.05, 3.63) is 62.5 Å². The van der Waals surface area contributed by atoms with E-state index >= 15 is 0 Å². The highest BCUT2D eigenvalue weighted by Gasteiger charge is 2.15. The van der Waals surface area contributed by atoms with Crippen molar-refractivity contribution < 1.29 is 9.90 Å². The van der Waals surface area contributed by atoms with Gasteiger partial charge in [-0.15, -0.1) is 0 Å². The summed E-state index contributed by atoms with van der Waals surface area (Å²) in [6, 6.07) is 12.4. The number of aromatic hydroxyl groups is 1. The molecule has 0 radical (unpaired) electrons. The Morgan fingerprint density at radius 3 is 2.65 bits per heavy atom. The SMILES string of the molecule is CN(Cc1cccc(O)c1)C(=O)c1cc(Br)ccc1Br. The van der Waals surface area contributed by atoms with Gasteiger partial charge < -0.3 is 10.0 Å². The van der Waals surface area contributed by atoms with Gasteiger partial charge in [0, 0.05) is 22.5 Å². The third-order valence-electron chi connectivity index (χ3n) is 2.84. The number of rotatable bonds is 3. The predicted octanol–water partition coefficient (Wildman–Crippen LogP) is 4.19. The Morgan fingerprint density at radius 1 is 1.20 bits per heavy atom. The van der Waals surface area contributed by atoms with Crippen LogP contribution in [0.15, 0.2) is 51.4 Å². The maximum atomic E-state index is 12.4. The van der Waals surface area contributed by atoms with Crippen LogP contribution in [0.4, 0.5) is 0 Å². The van der Waals surface area contributed by atoms with E-state index in [1.165, 1.54) is 0 Å². The number of phenols is 1. The van der Waals surface area contributed by atoms with E-state index in [1.807, 2.05) is 18.2 Å². The zero-order valence-corrected chi connectivity index (χ0v) is 14.0. The summed E-state index contributed by atoms with van der Waals surface area (Å²) in [5, 5.41) is 9.44. The molecule has 0 saturated heterocycles. The zero-order chi connectivity index (χ0) is 14.7. The Bertz CT molecular complexity index is 644. The first kappa shape index (κ1) is 15.1. The van der Waals surface area contributed by atoms with Gasteiger partial charge in [-0.3, -0.25) is 4.79 Å². The van der Waals surface area contributed by atoms with Crippen LogP contribution < -0.4 is 0 Å². The summed E-state index contributed by atoms with van der Waals surface area (Å²) in [5.74, 6) is 0.119. The number of amides is 1. The van der Waals surface area contributed by atoms with Gasteiger partial charge in [0.1, 0.15) is 5.75 Å². The van der Waals surface area contributed by atoms with E-state index in [0.717, 1.165) is 14.5 Å². The lowest BCUT2D eigenvalue weighted by molar-refractivity contribution is 0.0784. The highest BCUT2D eigenvalue weighted by molar-refractivity contribution is 9.11. The second-order valence-corrected chi connectivity index (χ2v) is 6.23. The summed E-state index contributed by atoms with van der Waals surface area (Å²) in [4.78, 5) is 14.0. The van der Waals surface area contributed by atoms with E-state index in [4.69, 9.17) is 0 Å². The molecule has 0 saturated carbocycles. The highest BCUT2D eigenvalue weighted by atomic mass is 79.9. The number of halogens is 2. The molecule has 104 valence electrons. The Balaban J connectivity index is 2.18. The van der Waals surface area contributed by atoms with Gasteiger partial charge in [-0.05, 0) is 51.8 Å². The van der Waals surface area contributed by atoms with Crippen LogP contribution in [0.25, 0.3) is 0 Å². The summed E-state index contributed by atoms with van der Waals surface area (Å²) in [6.45, 7) is 0.437. The normalized spacial score (nSPS) is 10.3. The molecule has 0 aliphatic rings. The Kier molecular flexibility index (Phi) is 4.83. The second kappa shape index (κ2) is 6.41. The molecule has 0 spiro atoms. The molecule has 5 heteroatoms. The monoisotopic (exact) mass is 397 g/mol. The van der Waals surface area contributed by atoms with E-state index in [2.05, 4.69) is 31.9 Å². The fourth-order valence-electron chi connectivity index (χ4n) is 1.87. The van der Waals surface area contributed by atoms with Crippen molar-refractivity contribution in [2.45, 2.75) is 6.54 Å². The molecule has 0 fully saturated rings. The molecule has 1 amide bonds. The second-order valence-electron chi connectivity index (χ2n) is 4.46. The fraction of sp³-hybridized carbons (Fsp3) is 0.133. The summed E-state index contributed by atoms with van der Waals surface area (Å²) >= 11 is 6.75. The first-order valence-corrected chi connectivity index (χ1v) is 7.54. The van der Waals surface area contributed by atoms with Crippen molar-refractivity contribution in [3.8, 4) is 5.75 Å². The Morgan fingerprint density at radius 2 is 1.95 bits per heavy atom. The molecule has 2 aromatic rings. The molecule has 0 aliphatic heterocycles. The van der Waals surface area contributed by atoms with Crippen molar-refractivity contribution >= 4 is 37.8 Å². The molecular weight excluding hydrogens is 386 g/mol. The molecule has 0 bridgehead atoms. The first-order chi connectivity index (χ1) is 9.47. The molecular formula is C15H13Br2NO2. The molecule has 0 aromatic heterocycles. The summed E-state index contributed by atoms with van der Waals surface area (Å²) in [7, 11) is 1.74. The van der Waals surface area contributed by atoms with Gasteiger partial charge in [0.2, 0.25) is 0 Å². The van der Waals surface area contributed by atoms with Crippen LogP contribution >= 0.6 is 31.9 Å². The number of nitrogens with zero attached hydrogens (tertiary/aromatic N) is 1. The highest BCUT2D eigenvalue weighted by Crippen LogP contribution is 2.23. The summed E-state index contributed by atoms with van der Waals surface area (Å²) < 4.78 is 1.61. The van der Waals surface area contributed by atoms with E-state index in [9.17, 15) is 9.90 Å². The lowest BCUT2D eigenvalue weighted by Crippen LogP contribution is -2.26. The number of hydrogen-bond acceptors (Lipinski definition) is 2. The van der Waals surface area contributed by atoms with Crippen LogP contribution in [0.5, 0.6) is 5.75 Å². The topological polar surface area (TPSA) is 40.5 Å². The molecule has 0 aliphatic carbocycles. The molecule has 2 aromatic carbocycles. The predicted molar refractivity (Wildman–Crippen MR) is 85.7 cm³/mol. The van der Waals surface area contributed by atoms with Crippen LogP contribution in [-0.2, 0) is 6.54 Å². The van der Waals surface area contributed by atoms with Gasteiger partial charge in [0.25, 0.3) is 5.91 Å². The van der Waals surface area contributed by atoms with Crippen LogP contribution in [-0.4, -0.2) is 23.0 Å². The number of phenolic OH excluding ortho intramolecular Hbond substituents is 1. The molecule has 2 rings (SSSR count). The molecule has 0 heterocycles. The van der Waals surface area contributed by atoms with Gasteiger partial charge in [0.05, 0.1) is 5.56 Å². The fourth-order valence-corrected chi connectivity index (χ4v) is 2.64. The van der Waals surface area contributed by atoms with Crippen LogP contribution in [0, 0.1) is 0 Å². The van der Waals surface area contributed by atoms with Crippen LogP contribution in [0.1, 0.15) is 15.9 Å². The summed E-state index contributed by atoms with van der Waals surface area (Å²) in [5.41, 5.74) is 1.48. The third kappa shape index (κ3) is 3.61. The average molecular weight is 399 g/mol. The van der Waals surface area contributed by atoms with Crippen molar-refractivity contribution in [2.75, 3.05) is 7.05 Å². The first-order valence-electron chi connectivity index (χ1n) is 5.96. The maximum absolute atomic E-state index is 12.4. The van der Waals surface area contributed by atoms with Gasteiger partial charge in [-0.1, -0.05) is 28.1 Å². The minimum Gasteiger partial charge on any atom is -0.508 e. The van der Waals surface area contributed by atoms with Crippen molar-refractivity contribution in [1.29, 1.82) is 0 Å². The van der Waals surface area contributed by atoms with Crippen LogP contribution in [0.2, 0.25) is 0 Å². The minimum atomic E-state index is -0.0819. The number of carbonyl (C=O) groups is 1. The molecule has 3 nitrogen and oxygen atoms in total. The zero-order valence-electron chi connectivity index (χ0n) is 10.8. The van der Waals surface area contributed by atoms with Crippen molar-refractivity contribution in [3.63, 3.8) is 0 Å². The molecule has 20 heavy (non-hydrogen) atoms.